The molecule has 12 rings (SSSR count). The molecule has 0 bridgehead atoms. The van der Waals surface area contributed by atoms with Gasteiger partial charge in [0.05, 0.1) is 42.3 Å². The topological polar surface area (TPSA) is 131 Å². The summed E-state index contributed by atoms with van der Waals surface area (Å²) in [6.45, 7) is -0.118. The molecule has 16 heteroatoms. The Hall–Kier alpha value is -8.34. The minimum absolute atomic E-state index is 0.0588. The fourth-order valence-electron chi connectivity index (χ4n) is 9.62. The first kappa shape index (κ1) is 43.0. The van der Waals surface area contributed by atoms with Crippen LogP contribution in [0.4, 0.5) is 27.2 Å². The first-order valence-corrected chi connectivity index (χ1v) is 23.2. The van der Waals surface area contributed by atoms with E-state index in [0.29, 0.717) is 63.5 Å². The fourth-order valence-corrected chi connectivity index (χ4v) is 11.9. The Kier molecular flexibility index (Phi) is 9.91. The highest BCUT2D eigenvalue weighted by Crippen LogP contribution is 2.38. The molecular formula is C54H28F4N2O8S2. The van der Waals surface area contributed by atoms with Crippen LogP contribution in [0.15, 0.2) is 97.1 Å². The average Bonchev–Trinajstić information content (AvgIpc) is 4.16. The van der Waals surface area contributed by atoms with Gasteiger partial charge in [0.15, 0.2) is 0 Å². The monoisotopic (exact) mass is 972 g/mol. The molecule has 342 valence electrons. The van der Waals surface area contributed by atoms with Gasteiger partial charge in [-0.1, -0.05) is 85.0 Å². The van der Waals surface area contributed by atoms with E-state index in [9.17, 15) is 46.3 Å². The number of hydrogen-bond acceptors (Lipinski definition) is 10. The maximum atomic E-state index is 14.8. The normalized spacial score (nSPS) is 17.7. The Morgan fingerprint density at radius 1 is 0.529 bits per heavy atom. The number of fused-ring (bicyclic) bond motifs is 9. The third-order valence-electron chi connectivity index (χ3n) is 12.7. The zero-order chi connectivity index (χ0) is 48.3. The molecule has 0 fully saturated rings. The molecule has 2 atom stereocenters. The lowest BCUT2D eigenvalue weighted by Gasteiger charge is -2.21. The van der Waals surface area contributed by atoms with Crippen molar-refractivity contribution in [1.29, 1.82) is 0 Å². The number of rotatable bonds is 6. The number of carbonyl (C=O) groups is 6. The molecule has 10 nitrogen and oxygen atoms in total. The van der Waals surface area contributed by atoms with Crippen LogP contribution in [-0.4, -0.2) is 44.5 Å². The van der Waals surface area contributed by atoms with E-state index in [1.54, 1.807) is 12.1 Å². The molecule has 0 saturated heterocycles. The standard InChI is InChI=1S/C54H28F4N2O8S2/c55-29-15-33-35(47(61)49(63)45(33)39(57)17-29)19-31-21-43-51(69-31)37-11-28-14-42-38(12-27(28)13-41(37)59(43)53(65)67-23-25-7-3-1-4-8-25)52-44(60(42)54(66)68-24-26-9-5-2-6-10-26)22-32(70-52)20-36-34-16-30(56)18-40(58)46(34)50(64)48(36)62/h1-22,27-28H,23-24H2/b35-19-,36-20-. The number of benzene rings is 4. The SMILES string of the molecule is O=C1C(=O)c2c(F)cc(F)cc2/C1=C/c1cc2c(s1)c1c(n2C(=O)OCc2ccccc2)=CC2C=c3c(n(C(=O)OCc4ccccc4)c4cc(/C=C5\C(=O)C(=O)c6c(F)cc(F)cc65)sc34)=CC2C=1. The van der Waals surface area contributed by atoms with E-state index in [4.69, 9.17) is 9.47 Å². The average molecular weight is 973 g/mol. The van der Waals surface area contributed by atoms with Crippen LogP contribution in [0.5, 0.6) is 0 Å². The van der Waals surface area contributed by atoms with Crippen LogP contribution in [0.2, 0.25) is 0 Å². The van der Waals surface area contributed by atoms with Crippen molar-refractivity contribution in [3.05, 3.63) is 185 Å². The Morgan fingerprint density at radius 2 is 0.929 bits per heavy atom. The van der Waals surface area contributed by atoms with E-state index in [2.05, 4.69) is 0 Å². The van der Waals surface area contributed by atoms with Gasteiger partial charge in [0.2, 0.25) is 23.1 Å². The van der Waals surface area contributed by atoms with Crippen molar-refractivity contribution < 1.29 is 55.8 Å². The molecule has 8 aromatic rings. The van der Waals surface area contributed by atoms with Gasteiger partial charge in [0.1, 0.15) is 36.5 Å². The lowest BCUT2D eigenvalue weighted by molar-refractivity contribution is -0.110. The van der Waals surface area contributed by atoms with Crippen molar-refractivity contribution in [2.45, 2.75) is 13.2 Å². The summed E-state index contributed by atoms with van der Waals surface area (Å²) in [5, 5.41) is 2.25. The van der Waals surface area contributed by atoms with E-state index in [1.807, 2.05) is 85.0 Å². The van der Waals surface area contributed by atoms with Crippen molar-refractivity contribution >= 4 is 126 Å². The van der Waals surface area contributed by atoms with E-state index in [0.717, 1.165) is 23.3 Å². The fraction of sp³-hybridized carbons (Fsp3) is 0.0741. The molecule has 4 aliphatic carbocycles. The molecule has 4 aromatic heterocycles. The number of ketones is 4. The van der Waals surface area contributed by atoms with E-state index >= 15 is 0 Å². The van der Waals surface area contributed by atoms with Gasteiger partial charge < -0.3 is 9.47 Å². The van der Waals surface area contributed by atoms with Gasteiger partial charge in [-0.2, -0.15) is 0 Å². The van der Waals surface area contributed by atoms with Crippen LogP contribution < -0.4 is 21.1 Å². The predicted molar refractivity (Wildman–Crippen MR) is 254 cm³/mol. The van der Waals surface area contributed by atoms with Crippen molar-refractivity contribution in [2.75, 3.05) is 0 Å². The second-order valence-corrected chi connectivity index (χ2v) is 19.1. The highest BCUT2D eigenvalue weighted by Gasteiger charge is 2.39. The Morgan fingerprint density at radius 3 is 1.33 bits per heavy atom. The molecule has 70 heavy (non-hydrogen) atoms. The number of nitrogens with zero attached hydrogens (tertiary/aromatic N) is 2. The summed E-state index contributed by atoms with van der Waals surface area (Å²) in [6, 6.07) is 24.4. The smallest absolute Gasteiger partial charge is 0.419 e. The van der Waals surface area contributed by atoms with Gasteiger partial charge in [-0.15, -0.1) is 22.7 Å². The van der Waals surface area contributed by atoms with Gasteiger partial charge >= 0.3 is 12.2 Å². The highest BCUT2D eigenvalue weighted by molar-refractivity contribution is 7.20. The van der Waals surface area contributed by atoms with Gasteiger partial charge in [-0.25, -0.2) is 36.3 Å². The van der Waals surface area contributed by atoms with Gasteiger partial charge in [-0.05, 0) is 47.5 Å². The van der Waals surface area contributed by atoms with Crippen molar-refractivity contribution in [3.63, 3.8) is 0 Å². The number of carbonyl (C=O) groups excluding carboxylic acids is 6. The van der Waals surface area contributed by atoms with Crippen molar-refractivity contribution in [3.8, 4) is 0 Å². The minimum atomic E-state index is -1.15. The summed E-state index contributed by atoms with van der Waals surface area (Å²) in [4.78, 5) is 81.5. The van der Waals surface area contributed by atoms with Crippen molar-refractivity contribution in [1.82, 2.24) is 9.13 Å². The van der Waals surface area contributed by atoms with Gasteiger partial charge in [0.25, 0.3) is 0 Å². The van der Waals surface area contributed by atoms with E-state index < -0.39 is 81.6 Å². The summed E-state index contributed by atoms with van der Waals surface area (Å²) in [7, 11) is 0. The Bertz CT molecular complexity index is 3820. The molecule has 0 radical (unpaired) electrons. The predicted octanol–water partition coefficient (Wildman–Crippen LogP) is 8.34. The second kappa shape index (κ2) is 16.1. The number of allylic oxidation sites excluding steroid dienone is 2. The van der Waals surface area contributed by atoms with Crippen LogP contribution in [0.25, 0.3) is 68.0 Å². The molecule has 4 heterocycles. The van der Waals surface area contributed by atoms with Crippen LogP contribution in [-0.2, 0) is 32.3 Å². The Balaban J connectivity index is 1.01. The maximum Gasteiger partial charge on any atom is 0.419 e. The number of Topliss-reactive ketones (excluding diaryl/α,β-unsaturated/α-hetero) is 4. The van der Waals surface area contributed by atoms with E-state index in [1.165, 1.54) is 44.0 Å². The van der Waals surface area contributed by atoms with Crippen molar-refractivity contribution in [2.24, 2.45) is 11.8 Å². The molecule has 0 amide bonds. The number of halogens is 4. The molecule has 2 unspecified atom stereocenters. The first-order chi connectivity index (χ1) is 33.8. The highest BCUT2D eigenvalue weighted by atomic mass is 32.1. The lowest BCUT2D eigenvalue weighted by atomic mass is 9.84. The van der Waals surface area contributed by atoms with Gasteiger partial charge in [0, 0.05) is 66.4 Å². The first-order valence-electron chi connectivity index (χ1n) is 21.6. The number of ether oxygens (including phenoxy) is 2. The largest absolute Gasteiger partial charge is 0.444 e. The van der Waals surface area contributed by atoms with Crippen LogP contribution in [0, 0.1) is 35.1 Å². The molecule has 0 aliphatic heterocycles. The summed E-state index contributed by atoms with van der Waals surface area (Å²) in [5.74, 6) is -9.22. The van der Waals surface area contributed by atoms with Crippen LogP contribution in [0.1, 0.15) is 52.7 Å². The summed E-state index contributed by atoms with van der Waals surface area (Å²) >= 11 is 2.38. The summed E-state index contributed by atoms with van der Waals surface area (Å²) in [5.41, 5.74) is 0.530. The number of hydrogen-bond donors (Lipinski definition) is 0. The summed E-state index contributed by atoms with van der Waals surface area (Å²) in [6.07, 6.45) is 9.05. The van der Waals surface area contributed by atoms with E-state index in [-0.39, 0.29) is 35.5 Å². The quantitative estimate of drug-likeness (QED) is 0.0924. The van der Waals surface area contributed by atoms with Gasteiger partial charge in [-0.3, -0.25) is 19.2 Å². The molecule has 0 N–H and O–H groups in total. The third-order valence-corrected chi connectivity index (χ3v) is 14.9. The minimum Gasteiger partial charge on any atom is -0.444 e. The Labute approximate surface area is 398 Å². The lowest BCUT2D eigenvalue weighted by Crippen LogP contribution is -2.42. The number of aromatic nitrogens is 2. The molecule has 0 saturated carbocycles. The number of thiophene rings is 2. The zero-order valence-electron chi connectivity index (χ0n) is 35.8. The second-order valence-electron chi connectivity index (χ2n) is 16.9. The maximum absolute atomic E-state index is 14.8. The van der Waals surface area contributed by atoms with Crippen LogP contribution >= 0.6 is 22.7 Å². The summed E-state index contributed by atoms with van der Waals surface area (Å²) < 4.78 is 74.2. The molecule has 4 aromatic carbocycles. The molecule has 0 spiro atoms. The molecule has 4 aliphatic rings. The zero-order valence-corrected chi connectivity index (χ0v) is 37.4. The third kappa shape index (κ3) is 6.81. The van der Waals surface area contributed by atoms with Crippen LogP contribution in [0.3, 0.4) is 0 Å². The molecular weight excluding hydrogens is 945 g/mol.